The fourth-order valence-electron chi connectivity index (χ4n) is 3.72. The highest BCUT2D eigenvalue weighted by molar-refractivity contribution is 5.92. The summed E-state index contributed by atoms with van der Waals surface area (Å²) in [4.78, 5) is 27.5. The Labute approximate surface area is 162 Å². The summed E-state index contributed by atoms with van der Waals surface area (Å²) in [5, 5.41) is 2.89. The van der Waals surface area contributed by atoms with Gasteiger partial charge in [0.25, 0.3) is 0 Å². The second kappa shape index (κ2) is 8.15. The topological polar surface area (TPSA) is 58.6 Å². The number of nitrogens with one attached hydrogen (secondary N) is 1. The lowest BCUT2D eigenvalue weighted by Gasteiger charge is -2.28. The summed E-state index contributed by atoms with van der Waals surface area (Å²) in [5.74, 6) is 0.0690. The number of rotatable bonds is 7. The molecule has 1 aliphatic carbocycles. The maximum Gasteiger partial charge on any atom is 0.408 e. The van der Waals surface area contributed by atoms with E-state index >= 15 is 0 Å². The van der Waals surface area contributed by atoms with Gasteiger partial charge in [0.1, 0.15) is 5.60 Å². The van der Waals surface area contributed by atoms with Crippen molar-refractivity contribution in [2.45, 2.75) is 58.1 Å². The molecule has 5 heteroatoms. The van der Waals surface area contributed by atoms with Crippen LogP contribution < -0.4 is 5.32 Å². The molecule has 1 saturated carbocycles. The molecule has 5 nitrogen and oxygen atoms in total. The van der Waals surface area contributed by atoms with Gasteiger partial charge in [0.2, 0.25) is 5.91 Å². The quantitative estimate of drug-likeness (QED) is 0.739. The second-order valence-corrected chi connectivity index (χ2v) is 8.03. The molecule has 0 unspecified atom stereocenters. The van der Waals surface area contributed by atoms with Gasteiger partial charge in [0.05, 0.1) is 11.5 Å². The van der Waals surface area contributed by atoms with E-state index in [-0.39, 0.29) is 17.9 Å². The fraction of sp³-hybridized carbons (Fsp3) is 0.545. The largest absolute Gasteiger partial charge is 0.444 e. The zero-order valence-corrected chi connectivity index (χ0v) is 17.1. The highest BCUT2D eigenvalue weighted by Gasteiger charge is 2.64. The van der Waals surface area contributed by atoms with E-state index in [9.17, 15) is 9.59 Å². The summed E-state index contributed by atoms with van der Waals surface area (Å²) in [6, 6.07) is 9.50. The molecule has 2 rings (SSSR count). The van der Waals surface area contributed by atoms with Crippen molar-refractivity contribution in [3.05, 3.63) is 48.6 Å². The van der Waals surface area contributed by atoms with Crippen molar-refractivity contribution in [2.24, 2.45) is 5.92 Å². The van der Waals surface area contributed by atoms with Gasteiger partial charge < -0.3 is 15.0 Å². The first kappa shape index (κ1) is 21.0. The van der Waals surface area contributed by atoms with Gasteiger partial charge in [-0.25, -0.2) is 4.79 Å². The van der Waals surface area contributed by atoms with E-state index in [4.69, 9.17) is 4.74 Å². The Morgan fingerprint density at radius 3 is 2.37 bits per heavy atom. The van der Waals surface area contributed by atoms with Gasteiger partial charge in [-0.1, -0.05) is 36.4 Å². The molecule has 1 aromatic carbocycles. The third-order valence-electron chi connectivity index (χ3n) is 5.11. The Hall–Kier alpha value is -2.30. The zero-order valence-electron chi connectivity index (χ0n) is 17.1. The van der Waals surface area contributed by atoms with E-state index in [0.29, 0.717) is 19.5 Å². The third-order valence-corrected chi connectivity index (χ3v) is 5.11. The third kappa shape index (κ3) is 4.52. The lowest BCUT2D eigenvalue weighted by Crippen LogP contribution is -2.45. The molecule has 2 amide bonds. The molecule has 0 aromatic heterocycles. The molecule has 1 aliphatic rings. The maximum absolute atomic E-state index is 13.4. The first-order valence-corrected chi connectivity index (χ1v) is 9.66. The average Bonchev–Trinajstić information content (AvgIpc) is 3.36. The van der Waals surface area contributed by atoms with Crippen LogP contribution in [0.5, 0.6) is 0 Å². The van der Waals surface area contributed by atoms with Crippen LogP contribution in [-0.4, -0.2) is 41.6 Å². The number of carbonyl (C=O) groups is 2. The first-order valence-electron chi connectivity index (χ1n) is 9.66. The van der Waals surface area contributed by atoms with Crippen LogP contribution in [0.4, 0.5) is 4.79 Å². The second-order valence-electron chi connectivity index (χ2n) is 8.03. The number of nitrogens with zero attached hydrogens (tertiary/aromatic N) is 1. The standard InChI is InChI=1S/C22H32N2O3/c1-7-18(23-20(26)27-21(4,5)6)17-15-22(17,16-13-11-10-12-14-16)19(25)24(8-2)9-3/h7,10-14,17-18H,1,8-9,15H2,2-6H3,(H,23,26)/t17-,18-,22+/m0/s1. The van der Waals surface area contributed by atoms with Crippen molar-refractivity contribution < 1.29 is 14.3 Å². The normalized spacial score (nSPS) is 22.5. The summed E-state index contributed by atoms with van der Waals surface area (Å²) in [6.45, 7) is 14.7. The number of likely N-dealkylation sites (N-methyl/N-ethyl adjacent to an activating group) is 1. The lowest BCUT2D eigenvalue weighted by molar-refractivity contribution is -0.134. The summed E-state index contributed by atoms with van der Waals surface area (Å²) in [7, 11) is 0. The molecule has 0 saturated heterocycles. The van der Waals surface area contributed by atoms with Crippen LogP contribution in [0.1, 0.15) is 46.6 Å². The van der Waals surface area contributed by atoms with Gasteiger partial charge in [-0.2, -0.15) is 0 Å². The number of alkyl carbamates (subject to hydrolysis) is 1. The van der Waals surface area contributed by atoms with Crippen molar-refractivity contribution in [3.63, 3.8) is 0 Å². The molecule has 0 aliphatic heterocycles. The Kier molecular flexibility index (Phi) is 6.34. The van der Waals surface area contributed by atoms with E-state index in [1.54, 1.807) is 6.08 Å². The van der Waals surface area contributed by atoms with Crippen molar-refractivity contribution in [1.29, 1.82) is 0 Å². The van der Waals surface area contributed by atoms with E-state index in [1.807, 2.05) is 69.9 Å². The van der Waals surface area contributed by atoms with Gasteiger partial charge >= 0.3 is 6.09 Å². The molecule has 0 bridgehead atoms. The van der Waals surface area contributed by atoms with E-state index in [1.165, 1.54) is 0 Å². The number of amides is 2. The van der Waals surface area contributed by atoms with Crippen LogP contribution in [0, 0.1) is 5.92 Å². The minimum absolute atomic E-state index is 0.0435. The van der Waals surface area contributed by atoms with Crippen LogP contribution in [0.15, 0.2) is 43.0 Å². The van der Waals surface area contributed by atoms with Gasteiger partial charge in [0, 0.05) is 19.0 Å². The molecule has 1 aromatic rings. The Balaban J connectivity index is 2.29. The fourth-order valence-corrected chi connectivity index (χ4v) is 3.72. The van der Waals surface area contributed by atoms with Gasteiger partial charge in [-0.05, 0) is 46.6 Å². The number of ether oxygens (including phenoxy) is 1. The minimum Gasteiger partial charge on any atom is -0.444 e. The van der Waals surface area contributed by atoms with Gasteiger partial charge in [-0.3, -0.25) is 4.79 Å². The number of hydrogen-bond acceptors (Lipinski definition) is 3. The summed E-state index contributed by atoms with van der Waals surface area (Å²) in [5.41, 5.74) is -0.210. The number of carbonyl (C=O) groups excluding carboxylic acids is 2. The SMILES string of the molecule is C=C[C@H](NC(=O)OC(C)(C)C)[C@@H]1C[C@@]1(C(=O)N(CC)CC)c1ccccc1. The monoisotopic (exact) mass is 372 g/mol. The molecule has 1 N–H and O–H groups in total. The van der Waals surface area contributed by atoms with Crippen molar-refractivity contribution in [3.8, 4) is 0 Å². The van der Waals surface area contributed by atoms with Gasteiger partial charge in [-0.15, -0.1) is 6.58 Å². The molecule has 3 atom stereocenters. The summed E-state index contributed by atoms with van der Waals surface area (Å²) < 4.78 is 5.38. The molecule has 1 fully saturated rings. The first-order chi connectivity index (χ1) is 12.7. The van der Waals surface area contributed by atoms with Crippen LogP contribution in [0.2, 0.25) is 0 Å². The average molecular weight is 373 g/mol. The van der Waals surface area contributed by atoms with Crippen LogP contribution in [0.3, 0.4) is 0 Å². The number of hydrogen-bond donors (Lipinski definition) is 1. The van der Waals surface area contributed by atoms with Crippen LogP contribution in [-0.2, 0) is 14.9 Å². The molecule has 148 valence electrons. The minimum atomic E-state index is -0.624. The van der Waals surface area contributed by atoms with Crippen molar-refractivity contribution in [1.82, 2.24) is 10.2 Å². The number of benzene rings is 1. The predicted molar refractivity (Wildman–Crippen MR) is 108 cm³/mol. The van der Waals surface area contributed by atoms with E-state index in [0.717, 1.165) is 5.56 Å². The molecular formula is C22H32N2O3. The van der Waals surface area contributed by atoms with E-state index < -0.39 is 17.1 Å². The molecule has 0 heterocycles. The van der Waals surface area contributed by atoms with Crippen LogP contribution in [0.25, 0.3) is 0 Å². The molecule has 0 spiro atoms. The summed E-state index contributed by atoms with van der Waals surface area (Å²) in [6.07, 6.45) is 1.89. The maximum atomic E-state index is 13.4. The van der Waals surface area contributed by atoms with Gasteiger partial charge in [0.15, 0.2) is 0 Å². The highest BCUT2D eigenvalue weighted by atomic mass is 16.6. The molecule has 0 radical (unpaired) electrons. The smallest absolute Gasteiger partial charge is 0.408 e. The van der Waals surface area contributed by atoms with E-state index in [2.05, 4.69) is 11.9 Å². The Morgan fingerprint density at radius 1 is 1.30 bits per heavy atom. The lowest BCUT2D eigenvalue weighted by atomic mass is 9.89. The highest BCUT2D eigenvalue weighted by Crippen LogP contribution is 2.57. The van der Waals surface area contributed by atoms with Crippen LogP contribution >= 0.6 is 0 Å². The van der Waals surface area contributed by atoms with Crippen molar-refractivity contribution >= 4 is 12.0 Å². The Bertz CT molecular complexity index is 677. The predicted octanol–water partition coefficient (Wildman–Crippen LogP) is 3.89. The molecular weight excluding hydrogens is 340 g/mol. The zero-order chi connectivity index (χ0) is 20.2. The summed E-state index contributed by atoms with van der Waals surface area (Å²) >= 11 is 0. The van der Waals surface area contributed by atoms with Crippen molar-refractivity contribution in [2.75, 3.05) is 13.1 Å². The Morgan fingerprint density at radius 2 is 1.89 bits per heavy atom. The molecule has 27 heavy (non-hydrogen) atoms.